The molecule has 0 spiro atoms. The van der Waals surface area contributed by atoms with Crippen molar-refractivity contribution in [2.45, 2.75) is 65.3 Å². The van der Waals surface area contributed by atoms with Crippen LogP contribution in [0.25, 0.3) is 0 Å². The lowest BCUT2D eigenvalue weighted by molar-refractivity contribution is -0.146. The van der Waals surface area contributed by atoms with Gasteiger partial charge in [-0.3, -0.25) is 4.79 Å². The summed E-state index contributed by atoms with van der Waals surface area (Å²) in [5, 5.41) is 2.81. The number of esters is 1. The van der Waals surface area contributed by atoms with Gasteiger partial charge in [-0.15, -0.1) is 0 Å². The largest absolute Gasteiger partial charge is 0.467 e. The summed E-state index contributed by atoms with van der Waals surface area (Å²) >= 11 is 0. The molecule has 1 amide bonds. The van der Waals surface area contributed by atoms with Gasteiger partial charge in [0.1, 0.15) is 6.04 Å². The van der Waals surface area contributed by atoms with E-state index in [0.29, 0.717) is 18.9 Å². The van der Waals surface area contributed by atoms with E-state index >= 15 is 0 Å². The van der Waals surface area contributed by atoms with Crippen molar-refractivity contribution in [2.75, 3.05) is 13.7 Å². The van der Waals surface area contributed by atoms with Gasteiger partial charge in [-0.05, 0) is 31.2 Å². The third-order valence-electron chi connectivity index (χ3n) is 4.04. The van der Waals surface area contributed by atoms with Gasteiger partial charge in [-0.1, -0.05) is 40.0 Å². The zero-order chi connectivity index (χ0) is 16.3. The summed E-state index contributed by atoms with van der Waals surface area (Å²) in [7, 11) is 1.35. The van der Waals surface area contributed by atoms with Crippen LogP contribution in [0.15, 0.2) is 0 Å². The number of amides is 1. The van der Waals surface area contributed by atoms with Gasteiger partial charge in [0, 0.05) is 6.42 Å². The number of ether oxygens (including phenoxy) is 1. The minimum atomic E-state index is -0.549. The zero-order valence-electron chi connectivity index (χ0n) is 14.0. The van der Waals surface area contributed by atoms with Crippen LogP contribution >= 0.6 is 0 Å². The smallest absolute Gasteiger partial charge is 0.328 e. The van der Waals surface area contributed by atoms with Crippen molar-refractivity contribution >= 4 is 11.9 Å². The fourth-order valence-electron chi connectivity index (χ4n) is 2.45. The molecule has 0 radical (unpaired) electrons. The lowest BCUT2D eigenvalue weighted by Crippen LogP contribution is -2.45. The third-order valence-corrected chi connectivity index (χ3v) is 4.04. The molecule has 3 atom stereocenters. The normalized spacial score (nSPS) is 15.1. The molecule has 0 aromatic rings. The van der Waals surface area contributed by atoms with Crippen LogP contribution in [0.4, 0.5) is 0 Å². The summed E-state index contributed by atoms with van der Waals surface area (Å²) in [5.41, 5.74) is 5.60. The molecular formula is C16H32N2O3. The van der Waals surface area contributed by atoms with Crippen molar-refractivity contribution in [2.24, 2.45) is 17.6 Å². The number of methoxy groups -OCH3 is 1. The molecule has 124 valence electrons. The maximum absolute atomic E-state index is 12.1. The average Bonchev–Trinajstić information content (AvgIpc) is 2.49. The Bertz CT molecular complexity index is 302. The van der Waals surface area contributed by atoms with Gasteiger partial charge in [-0.25, -0.2) is 4.79 Å². The molecule has 0 heterocycles. The Labute approximate surface area is 129 Å². The van der Waals surface area contributed by atoms with Crippen LogP contribution in [-0.4, -0.2) is 31.6 Å². The molecule has 0 fully saturated rings. The highest BCUT2D eigenvalue weighted by Gasteiger charge is 2.26. The molecule has 21 heavy (non-hydrogen) atoms. The van der Waals surface area contributed by atoms with Gasteiger partial charge in [-0.2, -0.15) is 0 Å². The Hall–Kier alpha value is -1.10. The second kappa shape index (κ2) is 11.5. The highest BCUT2D eigenvalue weighted by Crippen LogP contribution is 2.17. The van der Waals surface area contributed by atoms with Crippen molar-refractivity contribution in [3.05, 3.63) is 0 Å². The molecule has 3 N–H and O–H groups in total. The lowest BCUT2D eigenvalue weighted by Gasteiger charge is -2.22. The first-order valence-corrected chi connectivity index (χ1v) is 8.07. The van der Waals surface area contributed by atoms with Crippen LogP contribution in [0, 0.1) is 11.8 Å². The number of carbonyl (C=O) groups excluding carboxylic acids is 2. The summed E-state index contributed by atoms with van der Waals surface area (Å²) in [4.78, 5) is 23.8. The second-order valence-corrected chi connectivity index (χ2v) is 5.72. The standard InChI is InChI=1S/C16H32N2O3/c1-5-7-13(10-11-17)8-9-14(19)18-15(12(3)6-2)16(20)21-4/h12-13,15H,5-11,17H2,1-4H3,(H,18,19). The molecule has 5 heteroatoms. The van der Waals surface area contributed by atoms with E-state index in [1.54, 1.807) is 0 Å². The van der Waals surface area contributed by atoms with Crippen LogP contribution in [0.2, 0.25) is 0 Å². The maximum atomic E-state index is 12.1. The molecule has 0 aliphatic heterocycles. The Balaban J connectivity index is 4.39. The Morgan fingerprint density at radius 1 is 1.19 bits per heavy atom. The Morgan fingerprint density at radius 2 is 1.86 bits per heavy atom. The number of rotatable bonds is 11. The third kappa shape index (κ3) is 8.05. The number of carbonyl (C=O) groups is 2. The molecule has 0 aromatic carbocycles. The summed E-state index contributed by atoms with van der Waals surface area (Å²) in [5.74, 6) is 0.108. The highest BCUT2D eigenvalue weighted by molar-refractivity contribution is 5.84. The van der Waals surface area contributed by atoms with Crippen molar-refractivity contribution < 1.29 is 14.3 Å². The van der Waals surface area contributed by atoms with Crippen LogP contribution in [0.5, 0.6) is 0 Å². The van der Waals surface area contributed by atoms with E-state index in [9.17, 15) is 9.59 Å². The van der Waals surface area contributed by atoms with Crippen molar-refractivity contribution in [1.82, 2.24) is 5.32 Å². The fourth-order valence-corrected chi connectivity index (χ4v) is 2.45. The first-order valence-electron chi connectivity index (χ1n) is 8.07. The monoisotopic (exact) mass is 300 g/mol. The average molecular weight is 300 g/mol. The van der Waals surface area contributed by atoms with Crippen molar-refractivity contribution in [3.8, 4) is 0 Å². The van der Waals surface area contributed by atoms with E-state index in [-0.39, 0.29) is 17.8 Å². The van der Waals surface area contributed by atoms with E-state index in [1.807, 2.05) is 13.8 Å². The molecule has 0 aliphatic rings. The molecule has 5 nitrogen and oxygen atoms in total. The SMILES string of the molecule is CCCC(CCN)CCC(=O)NC(C(=O)OC)C(C)CC. The molecule has 0 saturated carbocycles. The summed E-state index contributed by atoms with van der Waals surface area (Å²) in [6, 6.07) is -0.549. The number of hydrogen-bond acceptors (Lipinski definition) is 4. The van der Waals surface area contributed by atoms with Crippen LogP contribution in [0.1, 0.15) is 59.3 Å². The highest BCUT2D eigenvalue weighted by atomic mass is 16.5. The molecule has 0 saturated heterocycles. The molecule has 0 rings (SSSR count). The first-order chi connectivity index (χ1) is 9.99. The van der Waals surface area contributed by atoms with Gasteiger partial charge >= 0.3 is 5.97 Å². The van der Waals surface area contributed by atoms with Crippen molar-refractivity contribution in [3.63, 3.8) is 0 Å². The van der Waals surface area contributed by atoms with Crippen molar-refractivity contribution in [1.29, 1.82) is 0 Å². The summed E-state index contributed by atoms with van der Waals surface area (Å²) in [6.07, 6.45) is 5.22. The van der Waals surface area contributed by atoms with E-state index in [4.69, 9.17) is 10.5 Å². The van der Waals surface area contributed by atoms with E-state index in [2.05, 4.69) is 12.2 Å². The zero-order valence-corrected chi connectivity index (χ0v) is 14.0. The van der Waals surface area contributed by atoms with Crippen LogP contribution in [0.3, 0.4) is 0 Å². The molecule has 0 bridgehead atoms. The minimum absolute atomic E-state index is 0.0666. The molecule has 3 unspecified atom stereocenters. The predicted octanol–water partition coefficient (Wildman–Crippen LogP) is 2.24. The van der Waals surface area contributed by atoms with E-state index in [0.717, 1.165) is 32.1 Å². The predicted molar refractivity (Wildman–Crippen MR) is 84.7 cm³/mol. The Kier molecular flexibility index (Phi) is 10.9. The second-order valence-electron chi connectivity index (χ2n) is 5.72. The summed E-state index contributed by atoms with van der Waals surface area (Å²) < 4.78 is 4.77. The molecule has 0 aliphatic carbocycles. The van der Waals surface area contributed by atoms with Crippen LogP contribution in [-0.2, 0) is 14.3 Å². The van der Waals surface area contributed by atoms with Gasteiger partial charge in [0.05, 0.1) is 7.11 Å². The first kappa shape index (κ1) is 19.9. The molecular weight excluding hydrogens is 268 g/mol. The number of nitrogens with one attached hydrogen (secondary N) is 1. The number of hydrogen-bond donors (Lipinski definition) is 2. The van der Waals surface area contributed by atoms with Gasteiger partial charge in [0.2, 0.25) is 5.91 Å². The summed E-state index contributed by atoms with van der Waals surface area (Å²) in [6.45, 7) is 6.73. The topological polar surface area (TPSA) is 81.4 Å². The van der Waals surface area contributed by atoms with Gasteiger partial charge in [0.25, 0.3) is 0 Å². The van der Waals surface area contributed by atoms with E-state index < -0.39 is 6.04 Å². The van der Waals surface area contributed by atoms with Gasteiger partial charge < -0.3 is 15.8 Å². The molecule has 0 aromatic heterocycles. The fraction of sp³-hybridized carbons (Fsp3) is 0.875. The Morgan fingerprint density at radius 3 is 2.33 bits per heavy atom. The maximum Gasteiger partial charge on any atom is 0.328 e. The van der Waals surface area contributed by atoms with E-state index in [1.165, 1.54) is 7.11 Å². The minimum Gasteiger partial charge on any atom is -0.467 e. The quantitative estimate of drug-likeness (QED) is 0.573. The van der Waals surface area contributed by atoms with Gasteiger partial charge in [0.15, 0.2) is 0 Å². The van der Waals surface area contributed by atoms with Crippen LogP contribution < -0.4 is 11.1 Å². The lowest BCUT2D eigenvalue weighted by atomic mass is 9.94. The number of nitrogens with two attached hydrogens (primary N) is 1.